The quantitative estimate of drug-likeness (QED) is 0.558. The molecule has 0 aliphatic rings. The minimum absolute atomic E-state index is 0.579. The standard InChI is InChI=1S/C5ClF2N3/c6-3-4(7)10-2(1-9)11-5(3)8. The van der Waals surface area contributed by atoms with Crippen molar-refractivity contribution in [2.45, 2.75) is 0 Å². The van der Waals surface area contributed by atoms with Crippen LogP contribution in [-0.4, -0.2) is 9.97 Å². The lowest BCUT2D eigenvalue weighted by atomic mass is 10.5. The highest BCUT2D eigenvalue weighted by atomic mass is 35.5. The van der Waals surface area contributed by atoms with E-state index in [9.17, 15) is 8.78 Å². The molecule has 0 saturated heterocycles. The molecule has 0 aromatic carbocycles. The average molecular weight is 176 g/mol. The molecule has 1 rings (SSSR count). The fourth-order valence-corrected chi connectivity index (χ4v) is 0.529. The Labute approximate surface area is 65.3 Å². The number of hydrogen-bond donors (Lipinski definition) is 0. The first kappa shape index (κ1) is 7.82. The van der Waals surface area contributed by atoms with Crippen LogP contribution in [0.5, 0.6) is 0 Å². The van der Waals surface area contributed by atoms with Crippen molar-refractivity contribution in [3.05, 3.63) is 22.7 Å². The molecular weight excluding hydrogens is 176 g/mol. The highest BCUT2D eigenvalue weighted by molar-refractivity contribution is 6.30. The van der Waals surface area contributed by atoms with Crippen molar-refractivity contribution in [1.29, 1.82) is 5.26 Å². The van der Waals surface area contributed by atoms with Crippen LogP contribution in [-0.2, 0) is 0 Å². The van der Waals surface area contributed by atoms with E-state index in [1.54, 1.807) is 0 Å². The van der Waals surface area contributed by atoms with E-state index in [0.29, 0.717) is 0 Å². The van der Waals surface area contributed by atoms with Gasteiger partial charge in [-0.3, -0.25) is 0 Å². The summed E-state index contributed by atoms with van der Waals surface area (Å²) < 4.78 is 24.7. The van der Waals surface area contributed by atoms with Gasteiger partial charge in [-0.15, -0.1) is 0 Å². The minimum atomic E-state index is -1.23. The predicted octanol–water partition coefficient (Wildman–Crippen LogP) is 1.28. The van der Waals surface area contributed by atoms with E-state index in [2.05, 4.69) is 9.97 Å². The number of nitriles is 1. The zero-order valence-corrected chi connectivity index (χ0v) is 5.73. The summed E-state index contributed by atoms with van der Waals surface area (Å²) in [5.41, 5.74) is 0. The number of aromatic nitrogens is 2. The largest absolute Gasteiger partial charge is 0.239 e. The maximum absolute atomic E-state index is 12.4. The Balaban J connectivity index is 3.35. The molecule has 0 unspecified atom stereocenters. The molecule has 0 aliphatic heterocycles. The molecule has 0 fully saturated rings. The van der Waals surface area contributed by atoms with Gasteiger partial charge in [0.25, 0.3) is 0 Å². The summed E-state index contributed by atoms with van der Waals surface area (Å²) >= 11 is 5.02. The third-order valence-electron chi connectivity index (χ3n) is 0.870. The molecule has 0 radical (unpaired) electrons. The molecule has 0 N–H and O–H groups in total. The Morgan fingerprint density at radius 3 is 2.09 bits per heavy atom. The molecule has 11 heavy (non-hydrogen) atoms. The first-order valence-corrected chi connectivity index (χ1v) is 2.81. The summed E-state index contributed by atoms with van der Waals surface area (Å²) in [5.74, 6) is -3.03. The Bertz CT molecular complexity index is 310. The lowest BCUT2D eigenvalue weighted by Gasteiger charge is -1.93. The molecule has 0 saturated carbocycles. The van der Waals surface area contributed by atoms with Crippen LogP contribution in [0.1, 0.15) is 5.82 Å². The molecule has 0 spiro atoms. The van der Waals surface area contributed by atoms with Crippen molar-refractivity contribution in [3.63, 3.8) is 0 Å². The van der Waals surface area contributed by atoms with Crippen LogP contribution >= 0.6 is 11.6 Å². The van der Waals surface area contributed by atoms with E-state index in [0.717, 1.165) is 0 Å². The first-order valence-electron chi connectivity index (χ1n) is 2.43. The Morgan fingerprint density at radius 2 is 1.73 bits per heavy atom. The average Bonchev–Trinajstić information content (AvgIpc) is 1.99. The lowest BCUT2D eigenvalue weighted by molar-refractivity contribution is 0.523. The lowest BCUT2D eigenvalue weighted by Crippen LogP contribution is -1.97. The third-order valence-corrected chi connectivity index (χ3v) is 1.18. The van der Waals surface area contributed by atoms with Crippen LogP contribution < -0.4 is 0 Å². The first-order chi connectivity index (χ1) is 5.15. The highest BCUT2D eigenvalue weighted by Crippen LogP contribution is 2.14. The zero-order chi connectivity index (χ0) is 8.43. The van der Waals surface area contributed by atoms with Gasteiger partial charge in [0.05, 0.1) is 0 Å². The van der Waals surface area contributed by atoms with Crippen LogP contribution in [0.15, 0.2) is 0 Å². The predicted molar refractivity (Wildman–Crippen MR) is 31.7 cm³/mol. The molecule has 1 aromatic rings. The highest BCUT2D eigenvalue weighted by Gasteiger charge is 2.10. The monoisotopic (exact) mass is 175 g/mol. The second-order valence-electron chi connectivity index (χ2n) is 1.55. The summed E-state index contributed by atoms with van der Waals surface area (Å²) in [6.07, 6.45) is 0. The van der Waals surface area contributed by atoms with Gasteiger partial charge < -0.3 is 0 Å². The van der Waals surface area contributed by atoms with E-state index >= 15 is 0 Å². The van der Waals surface area contributed by atoms with Gasteiger partial charge in [0.2, 0.25) is 17.7 Å². The van der Waals surface area contributed by atoms with Crippen molar-refractivity contribution in [2.24, 2.45) is 0 Å². The van der Waals surface area contributed by atoms with E-state index in [1.807, 2.05) is 0 Å². The van der Waals surface area contributed by atoms with Crippen LogP contribution in [0.4, 0.5) is 8.78 Å². The molecule has 3 nitrogen and oxygen atoms in total. The van der Waals surface area contributed by atoms with Gasteiger partial charge in [0, 0.05) is 0 Å². The molecule has 0 bridgehead atoms. The van der Waals surface area contributed by atoms with Crippen LogP contribution in [0, 0.1) is 23.2 Å². The van der Waals surface area contributed by atoms with Crippen molar-refractivity contribution < 1.29 is 8.78 Å². The normalized spacial score (nSPS) is 9.27. The molecule has 56 valence electrons. The smallest absolute Gasteiger partial charge is 0.189 e. The Hall–Kier alpha value is -1.28. The van der Waals surface area contributed by atoms with Crippen molar-refractivity contribution in [2.75, 3.05) is 0 Å². The number of rotatable bonds is 0. The zero-order valence-electron chi connectivity index (χ0n) is 4.98. The van der Waals surface area contributed by atoms with E-state index in [1.165, 1.54) is 6.07 Å². The molecule has 0 atom stereocenters. The van der Waals surface area contributed by atoms with Crippen molar-refractivity contribution in [1.82, 2.24) is 9.97 Å². The Morgan fingerprint density at radius 1 is 1.27 bits per heavy atom. The van der Waals surface area contributed by atoms with Crippen LogP contribution in [0.2, 0.25) is 5.02 Å². The number of nitrogens with zero attached hydrogens (tertiary/aromatic N) is 3. The molecule has 1 heterocycles. The number of hydrogen-bond acceptors (Lipinski definition) is 3. The summed E-state index contributed by atoms with van der Waals surface area (Å²) in [4.78, 5) is 5.88. The summed E-state index contributed by atoms with van der Waals surface area (Å²) in [5, 5.41) is 7.32. The van der Waals surface area contributed by atoms with Gasteiger partial charge in [0.1, 0.15) is 6.07 Å². The molecular formula is C5ClF2N3. The maximum Gasteiger partial charge on any atom is 0.239 e. The molecule has 1 aromatic heterocycles. The summed E-state index contributed by atoms with van der Waals surface area (Å²) in [6, 6.07) is 1.37. The van der Waals surface area contributed by atoms with Gasteiger partial charge >= 0.3 is 0 Å². The summed E-state index contributed by atoms with van der Waals surface area (Å²) in [6.45, 7) is 0. The van der Waals surface area contributed by atoms with Gasteiger partial charge in [0.15, 0.2) is 5.02 Å². The van der Waals surface area contributed by atoms with Gasteiger partial charge in [-0.2, -0.15) is 24.0 Å². The van der Waals surface area contributed by atoms with Crippen LogP contribution in [0.25, 0.3) is 0 Å². The second kappa shape index (κ2) is 2.76. The molecule has 6 heteroatoms. The van der Waals surface area contributed by atoms with Crippen molar-refractivity contribution >= 4 is 11.6 Å². The van der Waals surface area contributed by atoms with Gasteiger partial charge in [-0.05, 0) is 0 Å². The topological polar surface area (TPSA) is 49.6 Å². The molecule has 0 amide bonds. The molecule has 0 aliphatic carbocycles. The van der Waals surface area contributed by atoms with Crippen molar-refractivity contribution in [3.8, 4) is 6.07 Å². The second-order valence-corrected chi connectivity index (χ2v) is 1.93. The third kappa shape index (κ3) is 1.41. The van der Waals surface area contributed by atoms with E-state index in [-0.39, 0.29) is 0 Å². The fraction of sp³-hybridized carbons (Fsp3) is 0. The fourth-order valence-electron chi connectivity index (χ4n) is 0.444. The van der Waals surface area contributed by atoms with E-state index < -0.39 is 22.7 Å². The minimum Gasteiger partial charge on any atom is -0.189 e. The van der Waals surface area contributed by atoms with Crippen LogP contribution in [0.3, 0.4) is 0 Å². The summed E-state index contributed by atoms with van der Waals surface area (Å²) in [7, 11) is 0. The SMILES string of the molecule is N#Cc1nc(F)c(Cl)c(F)n1. The number of halogens is 3. The van der Waals surface area contributed by atoms with Gasteiger partial charge in [-0.25, -0.2) is 0 Å². The van der Waals surface area contributed by atoms with E-state index in [4.69, 9.17) is 16.9 Å². The maximum atomic E-state index is 12.4. The van der Waals surface area contributed by atoms with Gasteiger partial charge in [-0.1, -0.05) is 11.6 Å². The Kier molecular flexibility index (Phi) is 1.96.